The van der Waals surface area contributed by atoms with Crippen LogP contribution < -0.4 is 9.64 Å². The van der Waals surface area contributed by atoms with Gasteiger partial charge in [-0.15, -0.1) is 6.58 Å². The molecule has 1 amide bonds. The summed E-state index contributed by atoms with van der Waals surface area (Å²) in [6.07, 6.45) is 9.49. The van der Waals surface area contributed by atoms with Crippen molar-refractivity contribution in [1.82, 2.24) is 0 Å². The summed E-state index contributed by atoms with van der Waals surface area (Å²) in [6.45, 7) is 21.4. The molecule has 0 aliphatic carbocycles. The van der Waals surface area contributed by atoms with Gasteiger partial charge in [-0.1, -0.05) is 37.3 Å². The molecule has 1 N–H and O–H groups in total. The lowest BCUT2D eigenvalue weighted by molar-refractivity contribution is -0.248. The van der Waals surface area contributed by atoms with Gasteiger partial charge in [0.25, 0.3) is 0 Å². The van der Waals surface area contributed by atoms with Crippen molar-refractivity contribution in [2.24, 2.45) is 5.92 Å². The highest BCUT2D eigenvalue weighted by Crippen LogP contribution is 2.54. The van der Waals surface area contributed by atoms with Crippen LogP contribution >= 0.6 is 0 Å². The monoisotopic (exact) mass is 599 g/mol. The molecule has 2 saturated heterocycles. The number of carbonyl (C=O) groups excluding carboxylic acids is 1. The maximum atomic E-state index is 13.1. The number of epoxide rings is 1. The Balaban J connectivity index is 1.62. The number of fused-ring (bicyclic) bond motifs is 2. The number of amides is 1. The third kappa shape index (κ3) is 8.08. The molecular formula is C34H49NO8. The molecule has 2 unspecified atom stereocenters. The van der Waals surface area contributed by atoms with Crippen molar-refractivity contribution in [3.05, 3.63) is 54.1 Å². The average molecular weight is 600 g/mol. The molecule has 9 nitrogen and oxygen atoms in total. The fourth-order valence-corrected chi connectivity index (χ4v) is 5.53. The Bertz CT molecular complexity index is 1240. The summed E-state index contributed by atoms with van der Waals surface area (Å²) >= 11 is 0. The second-order valence-electron chi connectivity index (χ2n) is 13.4. The van der Waals surface area contributed by atoms with Gasteiger partial charge in [0.1, 0.15) is 18.0 Å². The Labute approximate surface area is 256 Å². The lowest BCUT2D eigenvalue weighted by Crippen LogP contribution is -2.42. The van der Waals surface area contributed by atoms with Crippen molar-refractivity contribution in [1.29, 1.82) is 0 Å². The summed E-state index contributed by atoms with van der Waals surface area (Å²) in [5.41, 5.74) is 1.64. The standard InChI is InChI=1S/C34H49NO8/c1-11-25(36)22(3)15-13-17-26-27(40-32(7,8)39-26)18-14-16-23-19-24(35(12-2)30(37)42-31(4,5)6)20-28-29(23)34(21-38-34)43-33(9,10)41-28/h11,13-16,19-20,22,25-27,36H,1,12,17-18,21H2,2-10H3/b15-13-,16-14+/t22-,25+,26?,27+,34?/m1/s1. The van der Waals surface area contributed by atoms with Crippen LogP contribution in [-0.4, -0.2) is 59.8 Å². The number of aliphatic hydroxyl groups excluding tert-OH is 1. The van der Waals surface area contributed by atoms with E-state index in [-0.39, 0.29) is 18.1 Å². The number of rotatable bonds is 10. The largest absolute Gasteiger partial charge is 0.462 e. The number of hydrogen-bond acceptors (Lipinski definition) is 8. The molecule has 9 heteroatoms. The third-order valence-electron chi connectivity index (χ3n) is 7.45. The predicted molar refractivity (Wildman–Crippen MR) is 166 cm³/mol. The molecule has 1 aromatic carbocycles. The first-order valence-corrected chi connectivity index (χ1v) is 15.2. The number of hydrogen-bond donors (Lipinski definition) is 1. The van der Waals surface area contributed by atoms with E-state index in [2.05, 4.69) is 12.7 Å². The fourth-order valence-electron chi connectivity index (χ4n) is 5.53. The lowest BCUT2D eigenvalue weighted by Gasteiger charge is -2.38. The topological polar surface area (TPSA) is 99.2 Å². The Hall–Kier alpha value is -2.69. The fraction of sp³-hybridized carbons (Fsp3) is 0.618. The van der Waals surface area contributed by atoms with Crippen molar-refractivity contribution < 1.29 is 38.3 Å². The molecule has 3 aliphatic rings. The molecule has 0 radical (unpaired) electrons. The molecule has 43 heavy (non-hydrogen) atoms. The van der Waals surface area contributed by atoms with Gasteiger partial charge in [-0.2, -0.15) is 0 Å². The van der Waals surface area contributed by atoms with Crippen LogP contribution in [0.3, 0.4) is 0 Å². The van der Waals surface area contributed by atoms with Crippen LogP contribution in [-0.2, 0) is 29.5 Å². The molecule has 1 spiro atoms. The summed E-state index contributed by atoms with van der Waals surface area (Å²) in [5, 5.41) is 9.99. The van der Waals surface area contributed by atoms with Gasteiger partial charge in [-0.3, -0.25) is 4.90 Å². The highest BCUT2D eigenvalue weighted by Gasteiger charge is 2.58. The van der Waals surface area contributed by atoms with Gasteiger partial charge in [-0.25, -0.2) is 4.79 Å². The summed E-state index contributed by atoms with van der Waals surface area (Å²) in [6, 6.07) is 3.80. The number of aliphatic hydroxyl groups is 1. The highest BCUT2D eigenvalue weighted by atomic mass is 16.8. The van der Waals surface area contributed by atoms with Crippen LogP contribution in [0.15, 0.2) is 43.0 Å². The molecular weight excluding hydrogens is 550 g/mol. The first-order chi connectivity index (χ1) is 20.0. The predicted octanol–water partition coefficient (Wildman–Crippen LogP) is 6.83. The van der Waals surface area contributed by atoms with Crippen molar-refractivity contribution >= 4 is 17.9 Å². The van der Waals surface area contributed by atoms with E-state index in [0.29, 0.717) is 37.4 Å². The maximum Gasteiger partial charge on any atom is 0.414 e. The van der Waals surface area contributed by atoms with E-state index in [0.717, 1.165) is 11.1 Å². The van der Waals surface area contributed by atoms with E-state index >= 15 is 0 Å². The molecule has 0 saturated carbocycles. The van der Waals surface area contributed by atoms with Crippen LogP contribution in [0, 0.1) is 5.92 Å². The van der Waals surface area contributed by atoms with Crippen LogP contribution in [0.5, 0.6) is 5.75 Å². The molecule has 0 aromatic heterocycles. The summed E-state index contributed by atoms with van der Waals surface area (Å²) in [4.78, 5) is 14.7. The number of anilines is 1. The quantitative estimate of drug-likeness (QED) is 0.231. The normalized spacial score (nSPS) is 27.1. The second kappa shape index (κ2) is 12.4. The SMILES string of the molecule is C=C[C@H](O)[C@H](C)/C=C\CC1OC(C)(C)O[C@H]1C/C=C/c1cc(N(CC)C(=O)OC(C)(C)C)cc2c1C1(CO1)OC(C)(C)O2. The van der Waals surface area contributed by atoms with Gasteiger partial charge >= 0.3 is 6.09 Å². The highest BCUT2D eigenvalue weighted by molar-refractivity contribution is 5.89. The molecule has 3 heterocycles. The second-order valence-corrected chi connectivity index (χ2v) is 13.4. The Morgan fingerprint density at radius 2 is 1.77 bits per heavy atom. The number of ether oxygens (including phenoxy) is 6. The summed E-state index contributed by atoms with van der Waals surface area (Å²) < 4.78 is 36.5. The van der Waals surface area contributed by atoms with Gasteiger partial charge in [0, 0.05) is 32.4 Å². The van der Waals surface area contributed by atoms with E-state index in [9.17, 15) is 9.90 Å². The van der Waals surface area contributed by atoms with Crippen LogP contribution in [0.25, 0.3) is 6.08 Å². The minimum Gasteiger partial charge on any atom is -0.462 e. The van der Waals surface area contributed by atoms with Gasteiger partial charge in [-0.05, 0) is 66.0 Å². The maximum absolute atomic E-state index is 13.1. The number of nitrogens with zero attached hydrogens (tertiary/aromatic N) is 1. The Kier molecular flexibility index (Phi) is 9.55. The Morgan fingerprint density at radius 1 is 1.14 bits per heavy atom. The number of carbonyl (C=O) groups is 1. The van der Waals surface area contributed by atoms with Crippen molar-refractivity contribution in [3.8, 4) is 5.75 Å². The molecule has 2 fully saturated rings. The first-order valence-electron chi connectivity index (χ1n) is 15.2. The molecule has 3 aliphatic heterocycles. The van der Waals surface area contributed by atoms with E-state index in [1.165, 1.54) is 6.08 Å². The summed E-state index contributed by atoms with van der Waals surface area (Å²) in [7, 11) is 0. The third-order valence-corrected chi connectivity index (χ3v) is 7.45. The zero-order valence-corrected chi connectivity index (χ0v) is 27.1. The van der Waals surface area contributed by atoms with Crippen LogP contribution in [0.4, 0.5) is 10.5 Å². The van der Waals surface area contributed by atoms with Crippen LogP contribution in [0.2, 0.25) is 0 Å². The van der Waals surface area contributed by atoms with E-state index in [1.807, 2.05) is 92.7 Å². The van der Waals surface area contributed by atoms with E-state index < -0.39 is 35.2 Å². The zero-order valence-electron chi connectivity index (χ0n) is 27.1. The van der Waals surface area contributed by atoms with Crippen LogP contribution in [0.1, 0.15) is 86.3 Å². The molecule has 0 bridgehead atoms. The Morgan fingerprint density at radius 3 is 2.33 bits per heavy atom. The van der Waals surface area contributed by atoms with Gasteiger partial charge in [0.15, 0.2) is 5.79 Å². The van der Waals surface area contributed by atoms with Crippen molar-refractivity contribution in [3.63, 3.8) is 0 Å². The first kappa shape index (κ1) is 33.2. The van der Waals surface area contributed by atoms with Gasteiger partial charge < -0.3 is 33.5 Å². The molecule has 1 aromatic rings. The molecule has 4 rings (SSSR count). The minimum absolute atomic E-state index is 0.0422. The summed E-state index contributed by atoms with van der Waals surface area (Å²) in [5.74, 6) is -1.95. The number of benzene rings is 1. The lowest BCUT2D eigenvalue weighted by atomic mass is 9.96. The van der Waals surface area contributed by atoms with E-state index in [1.54, 1.807) is 4.90 Å². The zero-order chi connectivity index (χ0) is 31.8. The van der Waals surface area contributed by atoms with E-state index in [4.69, 9.17) is 28.4 Å². The average Bonchev–Trinajstić information content (AvgIpc) is 3.56. The van der Waals surface area contributed by atoms with Crippen molar-refractivity contribution in [2.45, 2.75) is 116 Å². The minimum atomic E-state index is -0.910. The smallest absolute Gasteiger partial charge is 0.414 e. The molecule has 238 valence electrons. The van der Waals surface area contributed by atoms with Gasteiger partial charge in [0.05, 0.1) is 29.6 Å². The van der Waals surface area contributed by atoms with Gasteiger partial charge in [0.2, 0.25) is 11.6 Å². The van der Waals surface area contributed by atoms with Crippen molar-refractivity contribution in [2.75, 3.05) is 18.1 Å². The molecule has 5 atom stereocenters.